The molecule has 1 aromatic carbocycles. The van der Waals surface area contributed by atoms with Crippen molar-refractivity contribution in [3.05, 3.63) is 27.7 Å². The summed E-state index contributed by atoms with van der Waals surface area (Å²) in [7, 11) is 0. The molecule has 0 saturated heterocycles. The van der Waals surface area contributed by atoms with Gasteiger partial charge < -0.3 is 15.7 Å². The zero-order valence-electron chi connectivity index (χ0n) is 11.8. The van der Waals surface area contributed by atoms with E-state index in [1.54, 1.807) is 18.2 Å². The van der Waals surface area contributed by atoms with Gasteiger partial charge in [0.2, 0.25) is 0 Å². The zero-order chi connectivity index (χ0) is 16.0. The van der Waals surface area contributed by atoms with E-state index in [0.717, 1.165) is 0 Å². The fourth-order valence-corrected chi connectivity index (χ4v) is 2.30. The average Bonchev–Trinajstić information content (AvgIpc) is 2.38. The van der Waals surface area contributed by atoms with Gasteiger partial charge >= 0.3 is 12.0 Å². The van der Waals surface area contributed by atoms with Crippen molar-refractivity contribution in [1.82, 2.24) is 5.32 Å². The number of carboxylic acids is 1. The minimum atomic E-state index is -0.904. The summed E-state index contributed by atoms with van der Waals surface area (Å²) in [5.41, 5.74) is 0.569. The molecule has 21 heavy (non-hydrogen) atoms. The van der Waals surface area contributed by atoms with Gasteiger partial charge in [-0.25, -0.2) is 4.79 Å². The minimum Gasteiger partial charge on any atom is -0.481 e. The maximum absolute atomic E-state index is 11.8. The first-order valence-corrected chi connectivity index (χ1v) is 7.69. The Morgan fingerprint density at radius 2 is 2.05 bits per heavy atom. The van der Waals surface area contributed by atoms with E-state index < -0.39 is 17.9 Å². The van der Waals surface area contributed by atoms with E-state index in [2.05, 4.69) is 26.6 Å². The highest BCUT2D eigenvalue weighted by atomic mass is 79.9. The van der Waals surface area contributed by atoms with E-state index in [0.29, 0.717) is 21.6 Å². The Hall–Kier alpha value is -1.27. The molecule has 116 valence electrons. The van der Waals surface area contributed by atoms with Gasteiger partial charge in [0.15, 0.2) is 0 Å². The number of rotatable bonds is 6. The van der Waals surface area contributed by atoms with Crippen molar-refractivity contribution in [3.63, 3.8) is 0 Å². The van der Waals surface area contributed by atoms with Crippen molar-refractivity contribution in [2.24, 2.45) is 11.8 Å². The monoisotopic (exact) mass is 376 g/mol. The number of carbonyl (C=O) groups is 2. The Kier molecular flexibility index (Phi) is 6.98. The number of amides is 2. The first-order chi connectivity index (χ1) is 9.79. The lowest BCUT2D eigenvalue weighted by Crippen LogP contribution is -2.36. The first kappa shape index (κ1) is 17.8. The van der Waals surface area contributed by atoms with E-state index in [9.17, 15) is 9.59 Å². The van der Waals surface area contributed by atoms with Crippen molar-refractivity contribution in [3.8, 4) is 0 Å². The molecule has 2 amide bonds. The van der Waals surface area contributed by atoms with Crippen molar-refractivity contribution in [1.29, 1.82) is 0 Å². The fraction of sp³-hybridized carbons (Fsp3) is 0.429. The largest absolute Gasteiger partial charge is 0.481 e. The topological polar surface area (TPSA) is 78.4 Å². The highest BCUT2D eigenvalue weighted by Gasteiger charge is 2.19. The molecule has 0 bridgehead atoms. The van der Waals surface area contributed by atoms with Gasteiger partial charge in [-0.05, 0) is 46.5 Å². The van der Waals surface area contributed by atoms with E-state index in [-0.39, 0.29) is 12.5 Å². The molecule has 3 N–H and O–H groups in total. The number of hydrogen-bond acceptors (Lipinski definition) is 2. The van der Waals surface area contributed by atoms with Crippen LogP contribution in [0.5, 0.6) is 0 Å². The molecule has 0 heterocycles. The maximum Gasteiger partial charge on any atom is 0.319 e. The summed E-state index contributed by atoms with van der Waals surface area (Å²) in [4.78, 5) is 22.9. The number of anilines is 1. The van der Waals surface area contributed by atoms with Crippen LogP contribution in [0.15, 0.2) is 22.7 Å². The summed E-state index contributed by atoms with van der Waals surface area (Å²) < 4.78 is 0.671. The second kappa shape index (κ2) is 8.24. The van der Waals surface area contributed by atoms with Crippen LogP contribution in [0.25, 0.3) is 0 Å². The van der Waals surface area contributed by atoms with E-state index >= 15 is 0 Å². The number of hydrogen-bond donors (Lipinski definition) is 3. The number of nitrogens with one attached hydrogen (secondary N) is 2. The molecule has 0 aliphatic carbocycles. The summed E-state index contributed by atoms with van der Waals surface area (Å²) in [5, 5.41) is 14.8. The van der Waals surface area contributed by atoms with Crippen LogP contribution in [0.3, 0.4) is 0 Å². The van der Waals surface area contributed by atoms with Crippen LogP contribution in [0.4, 0.5) is 10.5 Å². The second-order valence-electron chi connectivity index (χ2n) is 5.13. The van der Waals surface area contributed by atoms with Crippen molar-refractivity contribution in [2.45, 2.75) is 20.3 Å². The molecule has 1 aromatic rings. The molecule has 0 spiro atoms. The summed E-state index contributed by atoms with van der Waals surface area (Å²) in [5.74, 6) is -1.24. The van der Waals surface area contributed by atoms with Gasteiger partial charge in [-0.2, -0.15) is 0 Å². The van der Waals surface area contributed by atoms with Gasteiger partial charge in [-0.3, -0.25) is 4.79 Å². The van der Waals surface area contributed by atoms with E-state index in [1.165, 1.54) is 0 Å². The van der Waals surface area contributed by atoms with Gasteiger partial charge in [-0.15, -0.1) is 0 Å². The van der Waals surface area contributed by atoms with Gasteiger partial charge in [-0.1, -0.05) is 25.4 Å². The average molecular weight is 378 g/mol. The van der Waals surface area contributed by atoms with Gasteiger partial charge in [0.05, 0.1) is 10.9 Å². The molecule has 0 aliphatic rings. The van der Waals surface area contributed by atoms with Gasteiger partial charge in [0.1, 0.15) is 0 Å². The quantitative estimate of drug-likeness (QED) is 0.702. The molecule has 7 heteroatoms. The SMILES string of the molecule is CC(C)CC(CNC(=O)Nc1ccc(Cl)c(Br)c1)C(=O)O. The molecule has 1 unspecified atom stereocenters. The Balaban J connectivity index is 2.52. The van der Waals surface area contributed by atoms with Crippen LogP contribution in [-0.2, 0) is 4.79 Å². The second-order valence-corrected chi connectivity index (χ2v) is 6.39. The first-order valence-electron chi connectivity index (χ1n) is 6.52. The third kappa shape index (κ3) is 6.35. The fourth-order valence-electron chi connectivity index (χ4n) is 1.81. The van der Waals surface area contributed by atoms with Crippen molar-refractivity contribution >= 4 is 45.2 Å². The van der Waals surface area contributed by atoms with Crippen molar-refractivity contribution in [2.75, 3.05) is 11.9 Å². The molecular weight excluding hydrogens is 360 g/mol. The number of halogens is 2. The summed E-state index contributed by atoms with van der Waals surface area (Å²) in [6, 6.07) is 4.54. The van der Waals surface area contributed by atoms with E-state index in [1.807, 2.05) is 13.8 Å². The summed E-state index contributed by atoms with van der Waals surface area (Å²) in [6.45, 7) is 3.98. The maximum atomic E-state index is 11.8. The van der Waals surface area contributed by atoms with Crippen LogP contribution in [0.1, 0.15) is 20.3 Å². The normalized spacial score (nSPS) is 12.0. The smallest absolute Gasteiger partial charge is 0.319 e. The Morgan fingerprint density at radius 3 is 2.57 bits per heavy atom. The number of carbonyl (C=O) groups excluding carboxylic acids is 1. The number of benzene rings is 1. The predicted molar refractivity (Wildman–Crippen MR) is 86.8 cm³/mol. The lowest BCUT2D eigenvalue weighted by Gasteiger charge is -2.15. The summed E-state index contributed by atoms with van der Waals surface area (Å²) >= 11 is 9.13. The van der Waals surface area contributed by atoms with Crippen LogP contribution >= 0.6 is 27.5 Å². The van der Waals surface area contributed by atoms with Crippen LogP contribution < -0.4 is 10.6 Å². The third-order valence-corrected chi connectivity index (χ3v) is 4.01. The lowest BCUT2D eigenvalue weighted by atomic mass is 9.97. The predicted octanol–water partition coefficient (Wildman–Crippen LogP) is 3.97. The number of aliphatic carboxylic acids is 1. The van der Waals surface area contributed by atoms with Gasteiger partial charge in [0, 0.05) is 16.7 Å². The highest BCUT2D eigenvalue weighted by Crippen LogP contribution is 2.25. The molecular formula is C14H18BrClN2O3. The number of urea groups is 1. The van der Waals surface area contributed by atoms with Crippen LogP contribution in [0.2, 0.25) is 5.02 Å². The van der Waals surface area contributed by atoms with Crippen molar-refractivity contribution < 1.29 is 14.7 Å². The summed E-state index contributed by atoms with van der Waals surface area (Å²) in [6.07, 6.45) is 0.516. The highest BCUT2D eigenvalue weighted by molar-refractivity contribution is 9.10. The standard InChI is InChI=1S/C14H18BrClN2O3/c1-8(2)5-9(13(19)20)7-17-14(21)18-10-3-4-12(16)11(15)6-10/h3-4,6,8-9H,5,7H2,1-2H3,(H,19,20)(H2,17,18,21). The van der Waals surface area contributed by atoms with E-state index in [4.69, 9.17) is 16.7 Å². The lowest BCUT2D eigenvalue weighted by molar-refractivity contribution is -0.142. The third-order valence-electron chi connectivity index (χ3n) is 2.79. The zero-order valence-corrected chi connectivity index (χ0v) is 14.2. The van der Waals surface area contributed by atoms with Gasteiger partial charge in [0.25, 0.3) is 0 Å². The Labute approximate surface area is 137 Å². The van der Waals surface area contributed by atoms with Crippen LogP contribution in [0, 0.1) is 11.8 Å². The molecule has 0 aromatic heterocycles. The Bertz CT molecular complexity index is 523. The molecule has 0 saturated carbocycles. The Morgan fingerprint density at radius 1 is 1.38 bits per heavy atom. The number of carboxylic acid groups (broad SMARTS) is 1. The molecule has 0 aliphatic heterocycles. The minimum absolute atomic E-state index is 0.0914. The van der Waals surface area contributed by atoms with Crippen LogP contribution in [-0.4, -0.2) is 23.7 Å². The molecule has 0 fully saturated rings. The molecule has 0 radical (unpaired) electrons. The molecule has 1 rings (SSSR count). The molecule has 1 atom stereocenters. The molecule has 5 nitrogen and oxygen atoms in total.